The van der Waals surface area contributed by atoms with Crippen LogP contribution in [0.1, 0.15) is 35.7 Å². The minimum atomic E-state index is -0.313. The largest absolute Gasteiger partial charge is 0.494 e. The normalized spacial score (nSPS) is 10.4. The van der Waals surface area contributed by atoms with Gasteiger partial charge in [-0.25, -0.2) is 5.43 Å². The van der Waals surface area contributed by atoms with Gasteiger partial charge >= 0.3 is 0 Å². The zero-order valence-corrected chi connectivity index (χ0v) is 16.7. The van der Waals surface area contributed by atoms with Gasteiger partial charge in [-0.2, -0.15) is 5.10 Å². The van der Waals surface area contributed by atoms with Crippen molar-refractivity contribution in [3.05, 3.63) is 58.1 Å². The highest BCUT2D eigenvalue weighted by atomic mass is 79.9. The molecule has 0 radical (unpaired) electrons. The van der Waals surface area contributed by atoms with Crippen molar-refractivity contribution in [1.82, 2.24) is 5.43 Å². The maximum atomic E-state index is 12.2. The summed E-state index contributed by atoms with van der Waals surface area (Å²) in [5.41, 5.74) is 3.69. The van der Waals surface area contributed by atoms with E-state index in [9.17, 15) is 4.79 Å². The molecule has 0 saturated carbocycles. The van der Waals surface area contributed by atoms with Crippen LogP contribution in [0, 0.1) is 12.3 Å². The van der Waals surface area contributed by atoms with Crippen LogP contribution >= 0.6 is 15.9 Å². The number of halogens is 1. The highest BCUT2D eigenvalue weighted by Crippen LogP contribution is 2.21. The van der Waals surface area contributed by atoms with Crippen molar-refractivity contribution in [2.24, 2.45) is 5.10 Å². The molecule has 0 aliphatic heterocycles. The van der Waals surface area contributed by atoms with Crippen LogP contribution < -0.4 is 14.9 Å². The Hall–Kier alpha value is -2.78. The van der Waals surface area contributed by atoms with E-state index in [2.05, 4.69) is 39.3 Å². The average molecular weight is 429 g/mol. The molecule has 140 valence electrons. The van der Waals surface area contributed by atoms with E-state index >= 15 is 0 Å². The summed E-state index contributed by atoms with van der Waals surface area (Å²) in [6, 6.07) is 12.4. The van der Waals surface area contributed by atoms with E-state index in [1.807, 2.05) is 12.1 Å². The fourth-order valence-electron chi connectivity index (χ4n) is 2.13. The summed E-state index contributed by atoms with van der Waals surface area (Å²) < 4.78 is 11.9. The smallest absolute Gasteiger partial charge is 0.271 e. The lowest BCUT2D eigenvalue weighted by atomic mass is 10.2. The number of hydrogen-bond donors (Lipinski definition) is 1. The predicted molar refractivity (Wildman–Crippen MR) is 110 cm³/mol. The fourth-order valence-corrected chi connectivity index (χ4v) is 2.51. The summed E-state index contributed by atoms with van der Waals surface area (Å²) in [6.07, 6.45) is 8.81. The molecule has 0 heterocycles. The quantitative estimate of drug-likeness (QED) is 0.278. The first-order chi connectivity index (χ1) is 13.1. The van der Waals surface area contributed by atoms with Gasteiger partial charge in [0.15, 0.2) is 0 Å². The predicted octanol–water partition coefficient (Wildman–Crippen LogP) is 4.40. The summed E-state index contributed by atoms with van der Waals surface area (Å²) in [5.74, 6) is 3.43. The van der Waals surface area contributed by atoms with Gasteiger partial charge in [-0.05, 0) is 48.9 Å². The number of unbranched alkanes of at least 4 members (excludes halogenated alkanes) is 1. The molecule has 5 nitrogen and oxygen atoms in total. The summed E-state index contributed by atoms with van der Waals surface area (Å²) >= 11 is 3.39. The van der Waals surface area contributed by atoms with Crippen LogP contribution in [-0.4, -0.2) is 25.3 Å². The molecule has 1 N–H and O–H groups in total. The molecular formula is C21H21BrN2O3. The molecule has 0 aromatic heterocycles. The van der Waals surface area contributed by atoms with Gasteiger partial charge in [-0.15, -0.1) is 6.42 Å². The number of hydrazone groups is 1. The van der Waals surface area contributed by atoms with Crippen LogP contribution in [0.4, 0.5) is 0 Å². The zero-order valence-electron chi connectivity index (χ0n) is 15.1. The lowest BCUT2D eigenvalue weighted by Gasteiger charge is -2.07. The van der Waals surface area contributed by atoms with E-state index in [4.69, 9.17) is 15.9 Å². The first kappa shape index (κ1) is 20.5. The van der Waals surface area contributed by atoms with Crippen molar-refractivity contribution in [2.75, 3.05) is 13.2 Å². The molecule has 0 fully saturated rings. The van der Waals surface area contributed by atoms with Gasteiger partial charge in [0.25, 0.3) is 5.91 Å². The number of hydrogen-bond acceptors (Lipinski definition) is 4. The molecule has 1 amide bonds. The number of terminal acetylenes is 1. The second kappa shape index (κ2) is 11.0. The molecule has 0 saturated heterocycles. The maximum Gasteiger partial charge on any atom is 0.271 e. The van der Waals surface area contributed by atoms with Crippen molar-refractivity contribution in [2.45, 2.75) is 19.8 Å². The van der Waals surface area contributed by atoms with E-state index in [0.717, 1.165) is 23.1 Å². The Morgan fingerprint density at radius 3 is 2.74 bits per heavy atom. The van der Waals surface area contributed by atoms with Crippen LogP contribution in [0.25, 0.3) is 0 Å². The molecule has 6 heteroatoms. The molecule has 0 unspecified atom stereocenters. The van der Waals surface area contributed by atoms with Crippen molar-refractivity contribution in [1.29, 1.82) is 0 Å². The van der Waals surface area contributed by atoms with E-state index in [0.29, 0.717) is 23.5 Å². The SMILES string of the molecule is C#CCOc1ccc(Br)cc1/C=N/NC(=O)c1ccc(OCCCC)cc1. The highest BCUT2D eigenvalue weighted by molar-refractivity contribution is 9.10. The molecule has 0 bridgehead atoms. The third-order valence-electron chi connectivity index (χ3n) is 3.54. The third-order valence-corrected chi connectivity index (χ3v) is 4.03. The van der Waals surface area contributed by atoms with E-state index in [1.54, 1.807) is 30.3 Å². The Bertz CT molecular complexity index is 826. The van der Waals surface area contributed by atoms with Crippen LogP contribution in [0.3, 0.4) is 0 Å². The van der Waals surface area contributed by atoms with Gasteiger partial charge in [0.05, 0.1) is 12.8 Å². The molecule has 0 aliphatic rings. The lowest BCUT2D eigenvalue weighted by Crippen LogP contribution is -2.17. The average Bonchev–Trinajstić information content (AvgIpc) is 2.68. The number of rotatable bonds is 9. The van der Waals surface area contributed by atoms with Gasteiger partial charge in [-0.3, -0.25) is 4.79 Å². The molecule has 27 heavy (non-hydrogen) atoms. The number of amides is 1. The summed E-state index contributed by atoms with van der Waals surface area (Å²) in [5, 5.41) is 4.00. The summed E-state index contributed by atoms with van der Waals surface area (Å²) in [4.78, 5) is 12.2. The van der Waals surface area contributed by atoms with E-state index in [-0.39, 0.29) is 12.5 Å². The Labute approximate surface area is 167 Å². The second-order valence-corrected chi connectivity index (χ2v) is 6.52. The number of nitrogens with zero attached hydrogens (tertiary/aromatic N) is 1. The van der Waals surface area contributed by atoms with Crippen molar-refractivity contribution < 1.29 is 14.3 Å². The number of carbonyl (C=O) groups excluding carboxylic acids is 1. The molecule has 2 rings (SSSR count). The fraction of sp³-hybridized carbons (Fsp3) is 0.238. The second-order valence-electron chi connectivity index (χ2n) is 5.60. The van der Waals surface area contributed by atoms with Crippen LogP contribution in [0.5, 0.6) is 11.5 Å². The van der Waals surface area contributed by atoms with Crippen LogP contribution in [0.2, 0.25) is 0 Å². The third kappa shape index (κ3) is 6.80. The summed E-state index contributed by atoms with van der Waals surface area (Å²) in [7, 11) is 0. The molecular weight excluding hydrogens is 408 g/mol. The van der Waals surface area contributed by atoms with Gasteiger partial charge in [0.2, 0.25) is 0 Å². The molecule has 2 aromatic rings. The molecule has 0 atom stereocenters. The van der Waals surface area contributed by atoms with Crippen molar-refractivity contribution in [3.8, 4) is 23.8 Å². The minimum absolute atomic E-state index is 0.154. The highest BCUT2D eigenvalue weighted by Gasteiger charge is 2.06. The minimum Gasteiger partial charge on any atom is -0.494 e. The Kier molecular flexibility index (Phi) is 8.40. The lowest BCUT2D eigenvalue weighted by molar-refractivity contribution is 0.0955. The van der Waals surface area contributed by atoms with E-state index < -0.39 is 0 Å². The van der Waals surface area contributed by atoms with Gasteiger partial charge < -0.3 is 9.47 Å². The number of ether oxygens (including phenoxy) is 2. The van der Waals surface area contributed by atoms with Crippen LogP contribution in [0.15, 0.2) is 52.0 Å². The zero-order chi connectivity index (χ0) is 19.5. The number of carbonyl (C=O) groups is 1. The summed E-state index contributed by atoms with van der Waals surface area (Å²) in [6.45, 7) is 2.93. The van der Waals surface area contributed by atoms with Gasteiger partial charge in [-0.1, -0.05) is 35.2 Å². The van der Waals surface area contributed by atoms with E-state index in [1.165, 1.54) is 6.21 Å². The molecule has 2 aromatic carbocycles. The van der Waals surface area contributed by atoms with Crippen molar-refractivity contribution >= 4 is 28.1 Å². The maximum absolute atomic E-state index is 12.2. The van der Waals surface area contributed by atoms with Gasteiger partial charge in [0, 0.05) is 15.6 Å². The molecule has 0 spiro atoms. The van der Waals surface area contributed by atoms with Gasteiger partial charge in [0.1, 0.15) is 18.1 Å². The Morgan fingerprint density at radius 2 is 2.04 bits per heavy atom. The molecule has 0 aliphatic carbocycles. The monoisotopic (exact) mass is 428 g/mol. The Balaban J connectivity index is 1.97. The number of nitrogens with one attached hydrogen (secondary N) is 1. The Morgan fingerprint density at radius 1 is 1.26 bits per heavy atom. The van der Waals surface area contributed by atoms with Crippen molar-refractivity contribution in [3.63, 3.8) is 0 Å². The standard InChI is InChI=1S/C21H21BrN2O3/c1-3-5-13-26-19-9-6-16(7-10-19)21(25)24-23-15-17-14-18(22)8-11-20(17)27-12-4-2/h2,6-11,14-15H,3,5,12-13H2,1H3,(H,24,25)/b23-15+. The van der Waals surface area contributed by atoms with Crippen LogP contribution in [-0.2, 0) is 0 Å². The first-order valence-electron chi connectivity index (χ1n) is 8.56. The topological polar surface area (TPSA) is 59.9 Å². The first-order valence-corrected chi connectivity index (χ1v) is 9.35. The number of benzene rings is 2.